The lowest BCUT2D eigenvalue weighted by molar-refractivity contribution is -0.126. The molecule has 3 rings (SSSR count). The Hall–Kier alpha value is -2.24. The number of amides is 2. The number of rotatable bonds is 5. The normalized spacial score (nSPS) is 15.8. The molecule has 0 bridgehead atoms. The molecule has 0 unspecified atom stereocenters. The summed E-state index contributed by atoms with van der Waals surface area (Å²) in [6.07, 6.45) is 1.87. The number of nitrogens with one attached hydrogen (secondary N) is 2. The van der Waals surface area contributed by atoms with Gasteiger partial charge in [0.1, 0.15) is 0 Å². The zero-order chi connectivity index (χ0) is 13.9. The lowest BCUT2D eigenvalue weighted by Gasteiger charge is -2.07. The minimum Gasteiger partial charge on any atom is -0.454 e. The highest BCUT2D eigenvalue weighted by Crippen LogP contribution is 2.32. The molecule has 2 amide bonds. The van der Waals surface area contributed by atoms with Crippen molar-refractivity contribution in [3.63, 3.8) is 0 Å². The number of hydrogen-bond acceptors (Lipinski definition) is 4. The topological polar surface area (TPSA) is 76.7 Å². The van der Waals surface area contributed by atoms with Crippen LogP contribution in [0.25, 0.3) is 0 Å². The van der Waals surface area contributed by atoms with Crippen molar-refractivity contribution in [2.45, 2.75) is 19.4 Å². The third-order valence-electron chi connectivity index (χ3n) is 3.30. The van der Waals surface area contributed by atoms with Gasteiger partial charge in [-0.05, 0) is 30.5 Å². The lowest BCUT2D eigenvalue weighted by Crippen LogP contribution is -2.37. The number of carbonyl (C=O) groups is 2. The molecule has 1 fully saturated rings. The lowest BCUT2D eigenvalue weighted by atomic mass is 10.2. The summed E-state index contributed by atoms with van der Waals surface area (Å²) in [5.74, 6) is 1.31. The second-order valence-electron chi connectivity index (χ2n) is 4.96. The van der Waals surface area contributed by atoms with E-state index >= 15 is 0 Å². The van der Waals surface area contributed by atoms with Gasteiger partial charge in [-0.3, -0.25) is 9.59 Å². The zero-order valence-corrected chi connectivity index (χ0v) is 11.0. The van der Waals surface area contributed by atoms with Gasteiger partial charge in [0.05, 0.1) is 6.54 Å². The van der Waals surface area contributed by atoms with E-state index in [4.69, 9.17) is 9.47 Å². The Morgan fingerprint density at radius 1 is 1.15 bits per heavy atom. The molecule has 1 aliphatic carbocycles. The van der Waals surface area contributed by atoms with Gasteiger partial charge in [-0.25, -0.2) is 0 Å². The van der Waals surface area contributed by atoms with Crippen molar-refractivity contribution in [3.05, 3.63) is 23.8 Å². The molecule has 0 saturated heterocycles. The summed E-state index contributed by atoms with van der Waals surface area (Å²) < 4.78 is 10.5. The predicted molar refractivity (Wildman–Crippen MR) is 70.1 cm³/mol. The first-order valence-corrected chi connectivity index (χ1v) is 6.65. The highest BCUT2D eigenvalue weighted by molar-refractivity contribution is 5.86. The quantitative estimate of drug-likeness (QED) is 0.823. The van der Waals surface area contributed by atoms with Crippen molar-refractivity contribution >= 4 is 11.8 Å². The number of fused-ring (bicyclic) bond motifs is 1. The van der Waals surface area contributed by atoms with Gasteiger partial charge in [-0.1, -0.05) is 6.07 Å². The van der Waals surface area contributed by atoms with E-state index in [1.54, 1.807) is 0 Å². The second-order valence-corrected chi connectivity index (χ2v) is 4.96. The van der Waals surface area contributed by atoms with Crippen LogP contribution >= 0.6 is 0 Å². The van der Waals surface area contributed by atoms with Crippen molar-refractivity contribution in [2.75, 3.05) is 13.3 Å². The maximum absolute atomic E-state index is 11.6. The molecule has 2 aliphatic rings. The Bertz CT molecular complexity index is 540. The summed E-state index contributed by atoms with van der Waals surface area (Å²) in [5, 5.41) is 5.38. The molecule has 0 spiro atoms. The van der Waals surface area contributed by atoms with Gasteiger partial charge in [-0.2, -0.15) is 0 Å². The van der Waals surface area contributed by atoms with Crippen LogP contribution in [0, 0.1) is 5.92 Å². The van der Waals surface area contributed by atoms with E-state index in [0.29, 0.717) is 12.3 Å². The van der Waals surface area contributed by atoms with Gasteiger partial charge in [-0.15, -0.1) is 0 Å². The predicted octanol–water partition coefficient (Wildman–Crippen LogP) is 0.558. The van der Waals surface area contributed by atoms with Crippen LogP contribution in [0.5, 0.6) is 11.5 Å². The van der Waals surface area contributed by atoms with Crippen LogP contribution in [0.2, 0.25) is 0 Å². The number of benzene rings is 1. The molecule has 6 nitrogen and oxygen atoms in total. The molecular formula is C14H16N2O4. The first kappa shape index (κ1) is 12.8. The smallest absolute Gasteiger partial charge is 0.239 e. The number of hydrogen-bond donors (Lipinski definition) is 2. The fraction of sp³-hybridized carbons (Fsp3) is 0.429. The van der Waals surface area contributed by atoms with Crippen LogP contribution in [-0.2, 0) is 16.1 Å². The molecule has 1 saturated carbocycles. The van der Waals surface area contributed by atoms with Gasteiger partial charge in [0, 0.05) is 12.5 Å². The van der Waals surface area contributed by atoms with E-state index in [9.17, 15) is 9.59 Å². The van der Waals surface area contributed by atoms with E-state index < -0.39 is 0 Å². The van der Waals surface area contributed by atoms with Crippen LogP contribution in [-0.4, -0.2) is 25.2 Å². The van der Waals surface area contributed by atoms with Crippen LogP contribution in [0.15, 0.2) is 18.2 Å². The molecule has 1 aromatic rings. The molecule has 1 aromatic carbocycles. The Balaban J connectivity index is 1.44. The highest BCUT2D eigenvalue weighted by atomic mass is 16.7. The Kier molecular flexibility index (Phi) is 3.45. The van der Waals surface area contributed by atoms with Crippen LogP contribution < -0.4 is 20.1 Å². The van der Waals surface area contributed by atoms with Gasteiger partial charge < -0.3 is 20.1 Å². The SMILES string of the molecule is O=C(CNC(=O)C1CC1)NCc1ccc2c(c1)OCO2. The maximum Gasteiger partial charge on any atom is 0.239 e. The van der Waals surface area contributed by atoms with Crippen molar-refractivity contribution in [1.29, 1.82) is 0 Å². The maximum atomic E-state index is 11.6. The highest BCUT2D eigenvalue weighted by Gasteiger charge is 2.29. The van der Waals surface area contributed by atoms with Gasteiger partial charge >= 0.3 is 0 Å². The largest absolute Gasteiger partial charge is 0.454 e. The summed E-state index contributed by atoms with van der Waals surface area (Å²) in [5.41, 5.74) is 0.927. The van der Waals surface area contributed by atoms with Crippen molar-refractivity contribution in [3.8, 4) is 11.5 Å². The molecule has 0 radical (unpaired) electrons. The van der Waals surface area contributed by atoms with E-state index in [1.807, 2.05) is 18.2 Å². The van der Waals surface area contributed by atoms with E-state index in [2.05, 4.69) is 10.6 Å². The first-order valence-electron chi connectivity index (χ1n) is 6.65. The molecule has 0 aromatic heterocycles. The van der Waals surface area contributed by atoms with Crippen molar-refractivity contribution in [1.82, 2.24) is 10.6 Å². The fourth-order valence-electron chi connectivity index (χ4n) is 1.97. The second kappa shape index (κ2) is 5.40. The summed E-state index contributed by atoms with van der Waals surface area (Å²) in [6.45, 7) is 0.660. The Morgan fingerprint density at radius 3 is 2.75 bits per heavy atom. The molecule has 1 aliphatic heterocycles. The summed E-state index contributed by atoms with van der Waals surface area (Å²) in [7, 11) is 0. The molecule has 1 heterocycles. The van der Waals surface area contributed by atoms with Crippen LogP contribution in [0.4, 0.5) is 0 Å². The monoisotopic (exact) mass is 276 g/mol. The molecule has 6 heteroatoms. The molecular weight excluding hydrogens is 260 g/mol. The average Bonchev–Trinajstić information content (AvgIpc) is 3.20. The third kappa shape index (κ3) is 3.01. The van der Waals surface area contributed by atoms with Crippen molar-refractivity contribution in [2.24, 2.45) is 5.92 Å². The fourth-order valence-corrected chi connectivity index (χ4v) is 1.97. The van der Waals surface area contributed by atoms with Gasteiger partial charge in [0.2, 0.25) is 18.6 Å². The standard InChI is InChI=1S/C14H16N2O4/c17-13(7-16-14(18)10-2-3-10)15-6-9-1-4-11-12(5-9)20-8-19-11/h1,4-5,10H,2-3,6-8H2,(H,15,17)(H,16,18). The zero-order valence-electron chi connectivity index (χ0n) is 11.0. The van der Waals surface area contributed by atoms with Gasteiger partial charge in [0.15, 0.2) is 11.5 Å². The van der Waals surface area contributed by atoms with E-state index in [-0.39, 0.29) is 31.1 Å². The molecule has 20 heavy (non-hydrogen) atoms. The van der Waals surface area contributed by atoms with Crippen LogP contribution in [0.3, 0.4) is 0 Å². The number of ether oxygens (including phenoxy) is 2. The van der Waals surface area contributed by atoms with E-state index in [0.717, 1.165) is 24.2 Å². The van der Waals surface area contributed by atoms with Crippen LogP contribution in [0.1, 0.15) is 18.4 Å². The summed E-state index contributed by atoms with van der Waals surface area (Å²) >= 11 is 0. The number of carbonyl (C=O) groups excluding carboxylic acids is 2. The molecule has 2 N–H and O–H groups in total. The Labute approximate surface area is 116 Å². The van der Waals surface area contributed by atoms with Gasteiger partial charge in [0.25, 0.3) is 0 Å². The third-order valence-corrected chi connectivity index (χ3v) is 3.30. The summed E-state index contributed by atoms with van der Waals surface area (Å²) in [6, 6.07) is 5.53. The average molecular weight is 276 g/mol. The molecule has 0 atom stereocenters. The summed E-state index contributed by atoms with van der Waals surface area (Å²) in [4.78, 5) is 23.0. The van der Waals surface area contributed by atoms with Crippen molar-refractivity contribution < 1.29 is 19.1 Å². The minimum atomic E-state index is -0.198. The first-order chi connectivity index (χ1) is 9.72. The molecule has 106 valence electrons. The van der Waals surface area contributed by atoms with E-state index in [1.165, 1.54) is 0 Å². The Morgan fingerprint density at radius 2 is 1.95 bits per heavy atom. The minimum absolute atomic E-state index is 0.0248.